The molecule has 10 heteroatoms. The molecule has 0 bridgehead atoms. The molecule has 2 aliphatic heterocycles. The summed E-state index contributed by atoms with van der Waals surface area (Å²) >= 11 is 5.95. The second-order valence-electron chi connectivity index (χ2n) is 9.48. The maximum Gasteiger partial charge on any atom is 0.307 e. The number of likely N-dealkylation sites (tertiary alicyclic amines) is 1. The number of hydrogen-bond acceptors (Lipinski definition) is 8. The minimum absolute atomic E-state index is 0.00639. The van der Waals surface area contributed by atoms with Crippen LogP contribution in [0.3, 0.4) is 0 Å². The first-order valence-corrected chi connectivity index (χ1v) is 12.9. The lowest BCUT2D eigenvalue weighted by Gasteiger charge is -2.38. The molecule has 2 saturated heterocycles. The van der Waals surface area contributed by atoms with Crippen molar-refractivity contribution in [1.29, 1.82) is 0 Å². The Kier molecular flexibility index (Phi) is 7.62. The number of methoxy groups -OCH3 is 1. The van der Waals surface area contributed by atoms with E-state index in [1.807, 2.05) is 12.1 Å². The van der Waals surface area contributed by atoms with Crippen LogP contribution >= 0.6 is 11.6 Å². The summed E-state index contributed by atoms with van der Waals surface area (Å²) in [6.07, 6.45) is 4.77. The van der Waals surface area contributed by atoms with E-state index in [0.29, 0.717) is 47.5 Å². The molecule has 2 aromatic carbocycles. The number of carbonyl (C=O) groups is 1. The summed E-state index contributed by atoms with van der Waals surface area (Å²) in [5, 5.41) is 3.98. The van der Waals surface area contributed by atoms with E-state index >= 15 is 0 Å². The van der Waals surface area contributed by atoms with Gasteiger partial charge in [0, 0.05) is 17.1 Å². The number of anilines is 2. The molecule has 3 aromatic rings. The van der Waals surface area contributed by atoms with Crippen molar-refractivity contribution >= 4 is 40.0 Å². The molecule has 3 heterocycles. The van der Waals surface area contributed by atoms with E-state index < -0.39 is 5.82 Å². The number of nitrogens with one attached hydrogen (secondary N) is 1. The predicted molar refractivity (Wildman–Crippen MR) is 139 cm³/mol. The molecule has 1 N–H and O–H groups in total. The van der Waals surface area contributed by atoms with Crippen LogP contribution in [0.15, 0.2) is 36.7 Å². The van der Waals surface area contributed by atoms with Crippen LogP contribution in [0.2, 0.25) is 5.02 Å². The van der Waals surface area contributed by atoms with Gasteiger partial charge in [-0.25, -0.2) is 14.4 Å². The van der Waals surface area contributed by atoms with Gasteiger partial charge in [0.1, 0.15) is 30.7 Å². The number of rotatable bonds is 8. The van der Waals surface area contributed by atoms with Crippen molar-refractivity contribution in [3.8, 4) is 11.5 Å². The van der Waals surface area contributed by atoms with Gasteiger partial charge in [0.15, 0.2) is 11.5 Å². The Labute approximate surface area is 220 Å². The van der Waals surface area contributed by atoms with Crippen LogP contribution in [0.5, 0.6) is 11.5 Å². The number of ether oxygens (including phenoxy) is 3. The highest BCUT2D eigenvalue weighted by molar-refractivity contribution is 6.31. The predicted octanol–water partition coefficient (Wildman–Crippen LogP) is 5.36. The van der Waals surface area contributed by atoms with Crippen LogP contribution in [-0.4, -0.2) is 59.8 Å². The van der Waals surface area contributed by atoms with Crippen LogP contribution < -0.4 is 14.8 Å². The van der Waals surface area contributed by atoms with E-state index in [4.69, 9.17) is 25.8 Å². The summed E-state index contributed by atoms with van der Waals surface area (Å²) < 4.78 is 31.0. The van der Waals surface area contributed by atoms with Gasteiger partial charge < -0.3 is 19.5 Å². The molecule has 2 unspecified atom stereocenters. The maximum absolute atomic E-state index is 13.6. The average Bonchev–Trinajstić information content (AvgIpc) is 3.35. The molecule has 0 aliphatic carbocycles. The van der Waals surface area contributed by atoms with Crippen molar-refractivity contribution in [3.63, 3.8) is 0 Å². The van der Waals surface area contributed by atoms with Crippen molar-refractivity contribution in [2.24, 2.45) is 5.92 Å². The van der Waals surface area contributed by atoms with Gasteiger partial charge in [0.2, 0.25) is 0 Å². The third-order valence-electron chi connectivity index (χ3n) is 7.24. The largest absolute Gasteiger partial charge is 0.493 e. The molecular formula is C27H30ClFN4O4. The highest BCUT2D eigenvalue weighted by Crippen LogP contribution is 2.38. The smallest absolute Gasteiger partial charge is 0.307 e. The van der Waals surface area contributed by atoms with Crippen molar-refractivity contribution in [2.45, 2.75) is 44.8 Å². The first-order chi connectivity index (χ1) is 17.9. The Morgan fingerprint density at radius 3 is 2.70 bits per heavy atom. The molecule has 0 amide bonds. The van der Waals surface area contributed by atoms with Gasteiger partial charge in [-0.2, -0.15) is 0 Å². The summed E-state index contributed by atoms with van der Waals surface area (Å²) in [4.78, 5) is 22.7. The lowest BCUT2D eigenvalue weighted by molar-refractivity contribution is -0.137. The molecule has 0 radical (unpaired) electrons. The fourth-order valence-electron chi connectivity index (χ4n) is 5.19. The van der Waals surface area contributed by atoms with Crippen LogP contribution in [0.1, 0.15) is 32.6 Å². The SMILES string of the molecule is CCC(Oc1cc2c(Nc3ccc(F)c(Cl)c3)ncnc2cc1OC)C1CCN(C2COC(=O)C2)CC1. The summed E-state index contributed by atoms with van der Waals surface area (Å²) in [6, 6.07) is 8.34. The lowest BCUT2D eigenvalue weighted by atomic mass is 9.89. The van der Waals surface area contributed by atoms with Crippen molar-refractivity contribution in [3.05, 3.63) is 47.5 Å². The van der Waals surface area contributed by atoms with Gasteiger partial charge in [-0.15, -0.1) is 0 Å². The number of hydrogen-bond donors (Lipinski definition) is 1. The minimum atomic E-state index is -0.485. The monoisotopic (exact) mass is 528 g/mol. The Morgan fingerprint density at radius 2 is 2.03 bits per heavy atom. The number of carbonyl (C=O) groups excluding carboxylic acids is 1. The zero-order valence-electron chi connectivity index (χ0n) is 20.9. The van der Waals surface area contributed by atoms with Crippen molar-refractivity contribution in [2.75, 3.05) is 32.1 Å². The van der Waals surface area contributed by atoms with E-state index in [0.717, 1.165) is 37.7 Å². The number of cyclic esters (lactones) is 1. The van der Waals surface area contributed by atoms with Gasteiger partial charge in [-0.1, -0.05) is 18.5 Å². The Morgan fingerprint density at radius 1 is 1.22 bits per heavy atom. The zero-order valence-corrected chi connectivity index (χ0v) is 21.6. The van der Waals surface area contributed by atoms with Gasteiger partial charge >= 0.3 is 5.97 Å². The second kappa shape index (κ2) is 11.1. The Balaban J connectivity index is 1.35. The summed E-state index contributed by atoms with van der Waals surface area (Å²) in [7, 11) is 1.61. The number of piperidine rings is 1. The molecule has 2 aliphatic rings. The Bertz CT molecular complexity index is 1280. The van der Waals surface area contributed by atoms with Crippen LogP contribution in [0, 0.1) is 11.7 Å². The second-order valence-corrected chi connectivity index (χ2v) is 9.88. The molecule has 2 atom stereocenters. The zero-order chi connectivity index (χ0) is 25.9. The van der Waals surface area contributed by atoms with E-state index in [9.17, 15) is 9.18 Å². The van der Waals surface area contributed by atoms with Crippen molar-refractivity contribution < 1.29 is 23.4 Å². The number of fused-ring (bicyclic) bond motifs is 1. The fourth-order valence-corrected chi connectivity index (χ4v) is 5.37. The van der Waals surface area contributed by atoms with Crippen LogP contribution in [0.4, 0.5) is 15.9 Å². The number of benzene rings is 2. The van der Waals surface area contributed by atoms with E-state index in [2.05, 4.69) is 27.1 Å². The van der Waals surface area contributed by atoms with E-state index in [-0.39, 0.29) is 23.1 Å². The fraction of sp³-hybridized carbons (Fsp3) is 0.444. The van der Waals surface area contributed by atoms with Gasteiger partial charge in [0.05, 0.1) is 30.1 Å². The molecule has 5 rings (SSSR count). The molecular weight excluding hydrogens is 499 g/mol. The topological polar surface area (TPSA) is 85.8 Å². The minimum Gasteiger partial charge on any atom is -0.493 e. The molecule has 1 aromatic heterocycles. The third kappa shape index (κ3) is 5.57. The first kappa shape index (κ1) is 25.5. The molecule has 2 fully saturated rings. The summed E-state index contributed by atoms with van der Waals surface area (Å²) in [5.41, 5.74) is 1.29. The Hall–Kier alpha value is -3.17. The number of aromatic nitrogens is 2. The van der Waals surface area contributed by atoms with Crippen molar-refractivity contribution in [1.82, 2.24) is 14.9 Å². The molecule has 0 saturated carbocycles. The molecule has 37 heavy (non-hydrogen) atoms. The van der Waals surface area contributed by atoms with E-state index in [1.54, 1.807) is 13.2 Å². The van der Waals surface area contributed by atoms with Gasteiger partial charge in [0.25, 0.3) is 0 Å². The summed E-state index contributed by atoms with van der Waals surface area (Å²) in [6.45, 7) is 4.46. The number of esters is 1. The van der Waals surface area contributed by atoms with Gasteiger partial charge in [-0.3, -0.25) is 9.69 Å². The van der Waals surface area contributed by atoms with E-state index in [1.165, 1.54) is 18.5 Å². The summed E-state index contributed by atoms with van der Waals surface area (Å²) in [5.74, 6) is 1.56. The van der Waals surface area contributed by atoms with Crippen LogP contribution in [-0.2, 0) is 9.53 Å². The maximum atomic E-state index is 13.6. The highest BCUT2D eigenvalue weighted by Gasteiger charge is 2.34. The molecule has 196 valence electrons. The van der Waals surface area contributed by atoms with Crippen LogP contribution in [0.25, 0.3) is 10.9 Å². The molecule has 0 spiro atoms. The number of nitrogens with zero attached hydrogens (tertiary/aromatic N) is 3. The highest BCUT2D eigenvalue weighted by atomic mass is 35.5. The van der Waals surface area contributed by atoms with Gasteiger partial charge in [-0.05, 0) is 62.5 Å². The third-order valence-corrected chi connectivity index (χ3v) is 7.53. The average molecular weight is 529 g/mol. The quantitative estimate of drug-likeness (QED) is 0.391. The first-order valence-electron chi connectivity index (χ1n) is 12.6. The normalized spacial score (nSPS) is 19.6. The number of halogens is 2. The standard InChI is InChI=1S/C27H30ClFN4O4/c1-3-23(16-6-8-33(9-7-16)18-11-26(34)36-14-18)37-25-12-19-22(13-24(25)35-2)30-15-31-27(19)32-17-4-5-21(29)20(28)10-17/h4-5,10,12-13,15-16,18,23H,3,6-9,11,14H2,1-2H3,(H,30,31,32). The lowest BCUT2D eigenvalue weighted by Crippen LogP contribution is -2.44. The molecule has 8 nitrogen and oxygen atoms in total.